The van der Waals surface area contributed by atoms with E-state index in [0.717, 1.165) is 5.56 Å². The molecule has 3 atom stereocenters. The summed E-state index contributed by atoms with van der Waals surface area (Å²) in [5.41, 5.74) is 6.58. The van der Waals surface area contributed by atoms with Gasteiger partial charge in [0, 0.05) is 6.04 Å². The topological polar surface area (TPSA) is 72.2 Å². The highest BCUT2D eigenvalue weighted by Gasteiger charge is 2.21. The standard InChI is InChI=1S/C14H24N2O2S/c1-11(9-15)13(3)16-19(17,18)10-12(2)14-7-5-4-6-8-14/h4-8,11-13,16H,9-10,15H2,1-3H3. The monoisotopic (exact) mass is 284 g/mol. The lowest BCUT2D eigenvalue weighted by atomic mass is 10.0. The molecule has 5 heteroatoms. The molecule has 108 valence electrons. The van der Waals surface area contributed by atoms with E-state index < -0.39 is 10.0 Å². The van der Waals surface area contributed by atoms with Crippen LogP contribution in [0.25, 0.3) is 0 Å². The van der Waals surface area contributed by atoms with Crippen molar-refractivity contribution < 1.29 is 8.42 Å². The van der Waals surface area contributed by atoms with E-state index in [4.69, 9.17) is 5.73 Å². The van der Waals surface area contributed by atoms with E-state index in [1.807, 2.05) is 51.1 Å². The highest BCUT2D eigenvalue weighted by Crippen LogP contribution is 2.16. The van der Waals surface area contributed by atoms with Crippen molar-refractivity contribution in [3.8, 4) is 0 Å². The summed E-state index contributed by atoms with van der Waals surface area (Å²) in [7, 11) is -3.29. The summed E-state index contributed by atoms with van der Waals surface area (Å²) in [5, 5.41) is 0. The van der Waals surface area contributed by atoms with Crippen LogP contribution < -0.4 is 10.5 Å². The maximum absolute atomic E-state index is 12.1. The zero-order chi connectivity index (χ0) is 14.5. The van der Waals surface area contributed by atoms with Crippen molar-refractivity contribution in [2.75, 3.05) is 12.3 Å². The van der Waals surface area contributed by atoms with Crippen molar-refractivity contribution in [2.24, 2.45) is 11.7 Å². The first-order valence-electron chi connectivity index (χ1n) is 6.60. The summed E-state index contributed by atoms with van der Waals surface area (Å²) in [6, 6.07) is 9.53. The van der Waals surface area contributed by atoms with Crippen molar-refractivity contribution in [3.05, 3.63) is 35.9 Å². The van der Waals surface area contributed by atoms with E-state index in [2.05, 4.69) is 4.72 Å². The molecular weight excluding hydrogens is 260 g/mol. The van der Waals surface area contributed by atoms with Crippen LogP contribution in [0.15, 0.2) is 30.3 Å². The van der Waals surface area contributed by atoms with E-state index >= 15 is 0 Å². The van der Waals surface area contributed by atoms with Crippen LogP contribution in [0.5, 0.6) is 0 Å². The van der Waals surface area contributed by atoms with E-state index in [-0.39, 0.29) is 23.6 Å². The Morgan fingerprint density at radius 2 is 1.74 bits per heavy atom. The number of hydrogen-bond acceptors (Lipinski definition) is 3. The molecule has 0 aliphatic carbocycles. The van der Waals surface area contributed by atoms with Gasteiger partial charge >= 0.3 is 0 Å². The minimum Gasteiger partial charge on any atom is -0.330 e. The fourth-order valence-electron chi connectivity index (χ4n) is 1.86. The summed E-state index contributed by atoms with van der Waals surface area (Å²) < 4.78 is 26.9. The molecule has 4 nitrogen and oxygen atoms in total. The lowest BCUT2D eigenvalue weighted by Gasteiger charge is -2.21. The van der Waals surface area contributed by atoms with Crippen LogP contribution in [0.4, 0.5) is 0 Å². The normalized spacial score (nSPS) is 16.8. The number of benzene rings is 1. The van der Waals surface area contributed by atoms with Crippen LogP contribution in [0.1, 0.15) is 32.3 Å². The van der Waals surface area contributed by atoms with E-state index in [1.54, 1.807) is 0 Å². The number of hydrogen-bond donors (Lipinski definition) is 2. The number of nitrogens with one attached hydrogen (secondary N) is 1. The molecule has 19 heavy (non-hydrogen) atoms. The Bertz CT molecular complexity index is 473. The average molecular weight is 284 g/mol. The predicted molar refractivity (Wildman–Crippen MR) is 79.5 cm³/mol. The van der Waals surface area contributed by atoms with Gasteiger partial charge in [0.25, 0.3) is 0 Å². The molecule has 1 rings (SSSR count). The van der Waals surface area contributed by atoms with Gasteiger partial charge in [0.05, 0.1) is 5.75 Å². The molecule has 1 aromatic carbocycles. The van der Waals surface area contributed by atoms with Gasteiger partial charge in [-0.1, -0.05) is 44.2 Å². The first-order valence-corrected chi connectivity index (χ1v) is 8.26. The summed E-state index contributed by atoms with van der Waals surface area (Å²) >= 11 is 0. The summed E-state index contributed by atoms with van der Waals surface area (Å²) in [4.78, 5) is 0. The van der Waals surface area contributed by atoms with Crippen LogP contribution in [0.3, 0.4) is 0 Å². The predicted octanol–water partition coefficient (Wildman–Crippen LogP) is 1.69. The van der Waals surface area contributed by atoms with Gasteiger partial charge in [-0.2, -0.15) is 0 Å². The molecule has 3 unspecified atom stereocenters. The summed E-state index contributed by atoms with van der Waals surface area (Å²) in [6.45, 7) is 6.18. The third kappa shape index (κ3) is 5.30. The Balaban J connectivity index is 2.65. The smallest absolute Gasteiger partial charge is 0.212 e. The van der Waals surface area contributed by atoms with E-state index in [1.165, 1.54) is 0 Å². The first kappa shape index (κ1) is 16.1. The Labute approximate surface area is 116 Å². The van der Waals surface area contributed by atoms with Crippen molar-refractivity contribution in [3.63, 3.8) is 0 Å². The molecule has 0 aliphatic heterocycles. The molecular formula is C14H24N2O2S. The Morgan fingerprint density at radius 1 is 1.16 bits per heavy atom. The fourth-order valence-corrected chi connectivity index (χ4v) is 3.60. The van der Waals surface area contributed by atoms with E-state index in [9.17, 15) is 8.42 Å². The van der Waals surface area contributed by atoms with Crippen LogP contribution >= 0.6 is 0 Å². The zero-order valence-corrected chi connectivity index (χ0v) is 12.7. The third-order valence-corrected chi connectivity index (χ3v) is 5.10. The third-order valence-electron chi connectivity index (χ3n) is 3.43. The number of sulfonamides is 1. The van der Waals surface area contributed by atoms with Crippen molar-refractivity contribution in [1.29, 1.82) is 0 Å². The Kier molecular flexibility index (Phi) is 5.97. The summed E-state index contributed by atoms with van der Waals surface area (Å²) in [5.74, 6) is 0.194. The molecule has 0 aromatic heterocycles. The van der Waals surface area contributed by atoms with Gasteiger partial charge < -0.3 is 5.73 Å². The van der Waals surface area contributed by atoms with Gasteiger partial charge in [0.2, 0.25) is 10.0 Å². The van der Waals surface area contributed by atoms with Crippen LogP contribution in [-0.4, -0.2) is 26.8 Å². The quantitative estimate of drug-likeness (QED) is 0.800. The lowest BCUT2D eigenvalue weighted by molar-refractivity contribution is 0.452. The molecule has 0 heterocycles. The Morgan fingerprint density at radius 3 is 2.26 bits per heavy atom. The molecule has 0 saturated carbocycles. The molecule has 0 fully saturated rings. The van der Waals surface area contributed by atoms with Gasteiger partial charge in [-0.25, -0.2) is 13.1 Å². The second kappa shape index (κ2) is 7.03. The van der Waals surface area contributed by atoms with Crippen LogP contribution in [-0.2, 0) is 10.0 Å². The van der Waals surface area contributed by atoms with Gasteiger partial charge in [0.15, 0.2) is 0 Å². The number of nitrogens with two attached hydrogens (primary N) is 1. The highest BCUT2D eigenvalue weighted by molar-refractivity contribution is 7.89. The van der Waals surface area contributed by atoms with Crippen LogP contribution in [0, 0.1) is 5.92 Å². The number of rotatable bonds is 7. The summed E-state index contributed by atoms with van der Waals surface area (Å²) in [6.07, 6.45) is 0. The molecule has 3 N–H and O–H groups in total. The van der Waals surface area contributed by atoms with Gasteiger partial charge in [-0.05, 0) is 30.9 Å². The van der Waals surface area contributed by atoms with Crippen molar-refractivity contribution in [1.82, 2.24) is 4.72 Å². The van der Waals surface area contributed by atoms with Gasteiger partial charge in [0.1, 0.15) is 0 Å². The molecule has 0 bridgehead atoms. The Hall–Kier alpha value is -0.910. The van der Waals surface area contributed by atoms with Crippen molar-refractivity contribution in [2.45, 2.75) is 32.7 Å². The van der Waals surface area contributed by atoms with Gasteiger partial charge in [-0.15, -0.1) is 0 Å². The maximum atomic E-state index is 12.1. The first-order chi connectivity index (χ1) is 8.85. The largest absolute Gasteiger partial charge is 0.330 e. The van der Waals surface area contributed by atoms with Gasteiger partial charge in [-0.3, -0.25) is 0 Å². The lowest BCUT2D eigenvalue weighted by Crippen LogP contribution is -2.41. The zero-order valence-electron chi connectivity index (χ0n) is 11.8. The fraction of sp³-hybridized carbons (Fsp3) is 0.571. The second-order valence-corrected chi connectivity index (χ2v) is 7.01. The van der Waals surface area contributed by atoms with Crippen LogP contribution in [0.2, 0.25) is 0 Å². The molecule has 1 aromatic rings. The highest BCUT2D eigenvalue weighted by atomic mass is 32.2. The minimum atomic E-state index is -3.29. The SMILES string of the molecule is CC(CS(=O)(=O)NC(C)C(C)CN)c1ccccc1. The molecule has 0 aliphatic rings. The average Bonchev–Trinajstić information content (AvgIpc) is 2.37. The van der Waals surface area contributed by atoms with E-state index in [0.29, 0.717) is 6.54 Å². The minimum absolute atomic E-state index is 0.0286. The molecule has 0 amide bonds. The second-order valence-electron chi connectivity index (χ2n) is 5.21. The van der Waals surface area contributed by atoms with Crippen molar-refractivity contribution >= 4 is 10.0 Å². The molecule has 0 saturated heterocycles. The molecule has 0 spiro atoms. The maximum Gasteiger partial charge on any atom is 0.212 e. The molecule has 0 radical (unpaired) electrons.